The lowest BCUT2D eigenvalue weighted by Gasteiger charge is -2.27. The highest BCUT2D eigenvalue weighted by atomic mass is 35.5. The summed E-state index contributed by atoms with van der Waals surface area (Å²) in [6.07, 6.45) is 0. The first-order valence-corrected chi connectivity index (χ1v) is 6.37. The van der Waals surface area contributed by atoms with E-state index in [2.05, 4.69) is 10.7 Å². The molecule has 108 valence electrons. The molecule has 0 saturated carbocycles. The van der Waals surface area contributed by atoms with Gasteiger partial charge in [0.2, 0.25) is 0 Å². The van der Waals surface area contributed by atoms with Crippen molar-refractivity contribution < 1.29 is 19.4 Å². The minimum absolute atomic E-state index is 0.0605. The van der Waals surface area contributed by atoms with Gasteiger partial charge in [-0.25, -0.2) is 14.6 Å². The van der Waals surface area contributed by atoms with Crippen molar-refractivity contribution in [1.82, 2.24) is 10.4 Å². The Labute approximate surface area is 120 Å². The molecule has 0 spiro atoms. The number of anilines is 1. The Balaban J connectivity index is 2.01. The molecule has 2 rings (SSSR count). The van der Waals surface area contributed by atoms with Crippen LogP contribution in [0, 0.1) is 0 Å². The van der Waals surface area contributed by atoms with E-state index < -0.39 is 12.0 Å². The number of benzene rings is 1. The van der Waals surface area contributed by atoms with Crippen molar-refractivity contribution in [3.63, 3.8) is 0 Å². The fourth-order valence-electron chi connectivity index (χ4n) is 1.77. The first kappa shape index (κ1) is 14.6. The number of carbonyl (C=O) groups excluding carboxylic acids is 1. The van der Waals surface area contributed by atoms with E-state index >= 15 is 0 Å². The number of urea groups is 1. The second-order valence-corrected chi connectivity index (χ2v) is 4.60. The zero-order valence-electron chi connectivity index (χ0n) is 10.6. The molecule has 0 unspecified atom stereocenters. The standard InChI is InChI=1S/C12H14ClN3O4/c13-8-1-2-10(9(7-8)11(17)18)14-12(19)15-16-3-5-20-6-4-16/h1-2,7H,3-6H2,(H,17,18)(H2,14,15,19). The van der Waals surface area contributed by atoms with Gasteiger partial charge < -0.3 is 15.2 Å². The Morgan fingerprint density at radius 3 is 2.65 bits per heavy atom. The Kier molecular flexibility index (Phi) is 4.78. The van der Waals surface area contributed by atoms with E-state index in [1.54, 1.807) is 5.01 Å². The van der Waals surface area contributed by atoms with E-state index in [0.717, 1.165) is 0 Å². The monoisotopic (exact) mass is 299 g/mol. The number of hydrogen-bond acceptors (Lipinski definition) is 4. The van der Waals surface area contributed by atoms with E-state index in [4.69, 9.17) is 21.4 Å². The Bertz CT molecular complexity index is 517. The zero-order chi connectivity index (χ0) is 14.5. The number of nitrogens with zero attached hydrogens (tertiary/aromatic N) is 1. The fourth-order valence-corrected chi connectivity index (χ4v) is 1.94. The molecule has 0 radical (unpaired) electrons. The lowest BCUT2D eigenvalue weighted by atomic mass is 10.2. The van der Waals surface area contributed by atoms with Crippen LogP contribution in [0.2, 0.25) is 5.02 Å². The van der Waals surface area contributed by atoms with Crippen LogP contribution in [0.25, 0.3) is 0 Å². The Hall–Kier alpha value is -1.83. The summed E-state index contributed by atoms with van der Waals surface area (Å²) in [5.41, 5.74) is 2.75. The van der Waals surface area contributed by atoms with Crippen LogP contribution in [0.3, 0.4) is 0 Å². The summed E-state index contributed by atoms with van der Waals surface area (Å²) >= 11 is 5.74. The molecule has 1 fully saturated rings. The maximum absolute atomic E-state index is 11.8. The summed E-state index contributed by atoms with van der Waals surface area (Å²) in [6, 6.07) is 3.74. The molecule has 0 bridgehead atoms. The van der Waals surface area contributed by atoms with Crippen molar-refractivity contribution in [2.75, 3.05) is 31.6 Å². The van der Waals surface area contributed by atoms with Crippen LogP contribution in [0.4, 0.5) is 10.5 Å². The molecule has 0 aromatic heterocycles. The predicted octanol–water partition coefficient (Wildman–Crippen LogP) is 1.41. The topological polar surface area (TPSA) is 90.9 Å². The fraction of sp³-hybridized carbons (Fsp3) is 0.333. The first-order chi connectivity index (χ1) is 9.56. The minimum Gasteiger partial charge on any atom is -0.478 e. The second kappa shape index (κ2) is 6.56. The first-order valence-electron chi connectivity index (χ1n) is 5.99. The third-order valence-corrected chi connectivity index (χ3v) is 2.97. The number of aromatic carboxylic acids is 1. The van der Waals surface area contributed by atoms with Crippen LogP contribution in [-0.4, -0.2) is 48.4 Å². The van der Waals surface area contributed by atoms with Crippen LogP contribution < -0.4 is 10.7 Å². The van der Waals surface area contributed by atoms with Crippen molar-refractivity contribution in [3.05, 3.63) is 28.8 Å². The van der Waals surface area contributed by atoms with Gasteiger partial charge in [0.25, 0.3) is 0 Å². The summed E-state index contributed by atoms with van der Waals surface area (Å²) < 4.78 is 5.16. The molecular weight excluding hydrogens is 286 g/mol. The summed E-state index contributed by atoms with van der Waals surface area (Å²) in [7, 11) is 0. The van der Waals surface area contributed by atoms with E-state index in [-0.39, 0.29) is 11.3 Å². The number of carboxylic acids is 1. The summed E-state index contributed by atoms with van der Waals surface area (Å²) in [4.78, 5) is 22.9. The third-order valence-electron chi connectivity index (χ3n) is 2.73. The number of halogens is 1. The molecule has 1 aromatic carbocycles. The van der Waals surface area contributed by atoms with Gasteiger partial charge in [0.15, 0.2) is 0 Å². The Morgan fingerprint density at radius 1 is 1.30 bits per heavy atom. The van der Waals surface area contributed by atoms with Crippen molar-refractivity contribution >= 4 is 29.3 Å². The van der Waals surface area contributed by atoms with E-state index in [1.807, 2.05) is 0 Å². The molecule has 0 aliphatic carbocycles. The van der Waals surface area contributed by atoms with Crippen molar-refractivity contribution in [3.8, 4) is 0 Å². The lowest BCUT2D eigenvalue weighted by Crippen LogP contribution is -2.49. The maximum Gasteiger partial charge on any atom is 0.337 e. The second-order valence-electron chi connectivity index (χ2n) is 4.16. The smallest absolute Gasteiger partial charge is 0.337 e. The van der Waals surface area contributed by atoms with Crippen molar-refractivity contribution in [2.45, 2.75) is 0 Å². The molecule has 1 aliphatic heterocycles. The highest BCUT2D eigenvalue weighted by Crippen LogP contribution is 2.20. The quantitative estimate of drug-likeness (QED) is 0.785. The highest BCUT2D eigenvalue weighted by Gasteiger charge is 2.16. The molecule has 1 aliphatic rings. The summed E-state index contributed by atoms with van der Waals surface area (Å²) in [5.74, 6) is -1.16. The van der Waals surface area contributed by atoms with Gasteiger partial charge in [0, 0.05) is 18.1 Å². The molecule has 7 nitrogen and oxygen atoms in total. The van der Waals surface area contributed by atoms with Gasteiger partial charge in [-0.05, 0) is 18.2 Å². The molecule has 0 atom stereocenters. The van der Waals surface area contributed by atoms with Crippen LogP contribution in [0.1, 0.15) is 10.4 Å². The van der Waals surface area contributed by atoms with Gasteiger partial charge in [0.1, 0.15) is 0 Å². The van der Waals surface area contributed by atoms with Gasteiger partial charge in [-0.2, -0.15) is 0 Å². The number of rotatable bonds is 3. The molecule has 20 heavy (non-hydrogen) atoms. The summed E-state index contributed by atoms with van der Waals surface area (Å²) in [5, 5.41) is 13.6. The number of hydrazine groups is 1. The number of amides is 2. The summed E-state index contributed by atoms with van der Waals surface area (Å²) in [6.45, 7) is 2.25. The normalized spacial score (nSPS) is 15.7. The lowest BCUT2D eigenvalue weighted by molar-refractivity contribution is 0.0207. The zero-order valence-corrected chi connectivity index (χ0v) is 11.3. The number of ether oxygens (including phenoxy) is 1. The van der Waals surface area contributed by atoms with Gasteiger partial charge in [0.05, 0.1) is 24.5 Å². The van der Waals surface area contributed by atoms with E-state index in [1.165, 1.54) is 18.2 Å². The number of nitrogens with one attached hydrogen (secondary N) is 2. The van der Waals surface area contributed by atoms with E-state index in [0.29, 0.717) is 31.3 Å². The van der Waals surface area contributed by atoms with Gasteiger partial charge >= 0.3 is 12.0 Å². The van der Waals surface area contributed by atoms with Gasteiger partial charge in [-0.3, -0.25) is 5.43 Å². The molecule has 1 heterocycles. The highest BCUT2D eigenvalue weighted by molar-refractivity contribution is 6.31. The largest absolute Gasteiger partial charge is 0.478 e. The average molecular weight is 300 g/mol. The number of carboxylic acid groups (broad SMARTS) is 1. The SMILES string of the molecule is O=C(Nc1ccc(Cl)cc1C(=O)O)NN1CCOCC1. The van der Waals surface area contributed by atoms with Crippen LogP contribution in [0.15, 0.2) is 18.2 Å². The average Bonchev–Trinajstić information content (AvgIpc) is 2.41. The van der Waals surface area contributed by atoms with E-state index in [9.17, 15) is 9.59 Å². The molecule has 1 aromatic rings. The van der Waals surface area contributed by atoms with Crippen molar-refractivity contribution in [2.24, 2.45) is 0 Å². The number of carbonyl (C=O) groups is 2. The molecule has 1 saturated heterocycles. The van der Waals surface area contributed by atoms with Crippen LogP contribution in [0.5, 0.6) is 0 Å². The number of hydrogen-bond donors (Lipinski definition) is 3. The molecule has 8 heteroatoms. The Morgan fingerprint density at radius 2 is 2.00 bits per heavy atom. The van der Waals surface area contributed by atoms with Gasteiger partial charge in [-0.1, -0.05) is 11.6 Å². The molecule has 2 amide bonds. The predicted molar refractivity (Wildman–Crippen MR) is 73.0 cm³/mol. The van der Waals surface area contributed by atoms with Crippen LogP contribution >= 0.6 is 11.6 Å². The van der Waals surface area contributed by atoms with Gasteiger partial charge in [-0.15, -0.1) is 0 Å². The molecule has 3 N–H and O–H groups in total. The maximum atomic E-state index is 11.8. The van der Waals surface area contributed by atoms with Crippen molar-refractivity contribution in [1.29, 1.82) is 0 Å². The number of morpholine rings is 1. The minimum atomic E-state index is -1.16. The van der Waals surface area contributed by atoms with Crippen LogP contribution in [-0.2, 0) is 4.74 Å². The third kappa shape index (κ3) is 3.83. The molecular formula is C12H14ClN3O4.